The van der Waals surface area contributed by atoms with Gasteiger partial charge in [0.05, 0.1) is 26.2 Å². The molecule has 12 heteroatoms. The number of halogens is 2. The van der Waals surface area contributed by atoms with Crippen LogP contribution in [0.3, 0.4) is 0 Å². The third kappa shape index (κ3) is 3.58. The molecule has 9 nitrogen and oxygen atoms in total. The molecule has 1 aliphatic carbocycles. The zero-order valence-electron chi connectivity index (χ0n) is 17.3. The highest BCUT2D eigenvalue weighted by molar-refractivity contribution is 9.10. The summed E-state index contributed by atoms with van der Waals surface area (Å²) in [7, 11) is -2.63. The quantitative estimate of drug-likeness (QED) is 0.534. The van der Waals surface area contributed by atoms with Crippen molar-refractivity contribution in [3.05, 3.63) is 76.1 Å². The number of sulfonamides is 1. The highest BCUT2D eigenvalue weighted by Gasteiger charge is 2.57. The van der Waals surface area contributed by atoms with Gasteiger partial charge in [-0.25, -0.2) is 22.4 Å². The molecule has 0 aromatic heterocycles. The molecule has 0 radical (unpaired) electrons. The molecule has 2 aliphatic heterocycles. The van der Waals surface area contributed by atoms with Crippen molar-refractivity contribution in [1.29, 1.82) is 0 Å². The fourth-order valence-electron chi connectivity index (χ4n) is 3.85. The molecule has 0 saturated heterocycles. The first-order valence-corrected chi connectivity index (χ1v) is 11.7. The van der Waals surface area contributed by atoms with E-state index in [4.69, 9.17) is 18.9 Å². The van der Waals surface area contributed by atoms with E-state index in [0.717, 1.165) is 32.4 Å². The Kier molecular flexibility index (Phi) is 5.93. The van der Waals surface area contributed by atoms with E-state index in [-0.39, 0.29) is 22.2 Å². The number of rotatable bonds is 4. The Balaban J connectivity index is 2.00. The molecule has 174 valence electrons. The number of nitrogens with zero attached hydrogens (tertiary/aromatic N) is 1. The van der Waals surface area contributed by atoms with Crippen molar-refractivity contribution >= 4 is 38.0 Å². The van der Waals surface area contributed by atoms with Crippen LogP contribution >= 0.6 is 15.9 Å². The van der Waals surface area contributed by atoms with Crippen molar-refractivity contribution in [2.24, 2.45) is 0 Å². The van der Waals surface area contributed by atoms with Crippen LogP contribution in [0.2, 0.25) is 0 Å². The molecule has 0 bridgehead atoms. The Labute approximate surface area is 196 Å². The van der Waals surface area contributed by atoms with Gasteiger partial charge >= 0.3 is 12.1 Å². The highest BCUT2D eigenvalue weighted by Crippen LogP contribution is 2.50. The molecule has 3 aliphatic rings. The molecule has 2 heterocycles. The van der Waals surface area contributed by atoms with E-state index in [1.54, 1.807) is 18.2 Å². The lowest BCUT2D eigenvalue weighted by Gasteiger charge is -2.35. The summed E-state index contributed by atoms with van der Waals surface area (Å²) >= 11 is 3.02. The summed E-state index contributed by atoms with van der Waals surface area (Å²) in [5, 5.41) is 0. The van der Waals surface area contributed by atoms with Gasteiger partial charge in [0.25, 0.3) is 10.0 Å². The number of hydrogen-bond donors (Lipinski definition) is 0. The van der Waals surface area contributed by atoms with Crippen LogP contribution in [0.25, 0.3) is 0 Å². The van der Waals surface area contributed by atoms with Crippen LogP contribution in [0, 0.1) is 5.82 Å². The van der Waals surface area contributed by atoms with Crippen LogP contribution < -0.4 is 0 Å². The number of esters is 1. The van der Waals surface area contributed by atoms with E-state index in [1.165, 1.54) is 12.3 Å². The second-order valence-electron chi connectivity index (χ2n) is 7.04. The van der Waals surface area contributed by atoms with E-state index in [2.05, 4.69) is 15.9 Å². The van der Waals surface area contributed by atoms with E-state index in [0.29, 0.717) is 10.1 Å². The number of hydrogen-bond acceptors (Lipinski definition) is 8. The maximum Gasteiger partial charge on any atom is 0.428 e. The molecule has 4 rings (SSSR count). The van der Waals surface area contributed by atoms with E-state index in [1.807, 2.05) is 0 Å². The van der Waals surface area contributed by atoms with E-state index >= 15 is 0 Å². The fourth-order valence-corrected chi connectivity index (χ4v) is 6.28. The first kappa shape index (κ1) is 23.2. The molecular formula is C21H17BrFNO8S. The number of allylic oxidation sites excluding steroid dienone is 2. The van der Waals surface area contributed by atoms with Crippen molar-refractivity contribution in [3.8, 4) is 0 Å². The minimum absolute atomic E-state index is 0.131. The van der Waals surface area contributed by atoms with Gasteiger partial charge in [-0.1, -0.05) is 12.2 Å². The van der Waals surface area contributed by atoms with Crippen molar-refractivity contribution in [1.82, 2.24) is 4.31 Å². The molecule has 1 spiro atoms. The monoisotopic (exact) mass is 541 g/mol. The lowest BCUT2D eigenvalue weighted by molar-refractivity contribution is -0.157. The number of benzene rings is 1. The second kappa shape index (κ2) is 8.43. The molecule has 0 N–H and O–H groups in total. The second-order valence-corrected chi connectivity index (χ2v) is 9.65. The van der Waals surface area contributed by atoms with Crippen molar-refractivity contribution in [2.75, 3.05) is 14.2 Å². The van der Waals surface area contributed by atoms with Gasteiger partial charge in [-0.2, -0.15) is 4.31 Å². The van der Waals surface area contributed by atoms with Gasteiger partial charge in [-0.15, -0.1) is 0 Å². The Morgan fingerprint density at radius 3 is 2.70 bits per heavy atom. The summed E-state index contributed by atoms with van der Waals surface area (Å²) in [5.41, 5.74) is -1.47. The average Bonchev–Trinajstić information content (AvgIpc) is 3.11. The number of carbonyl (C=O) groups excluding carboxylic acids is 2. The molecule has 2 unspecified atom stereocenters. The van der Waals surface area contributed by atoms with Crippen LogP contribution in [0.15, 0.2) is 75.2 Å². The molecule has 1 aromatic carbocycles. The van der Waals surface area contributed by atoms with Gasteiger partial charge in [0.2, 0.25) is 0 Å². The molecule has 1 aromatic rings. The lowest BCUT2D eigenvalue weighted by Crippen LogP contribution is -2.42. The zero-order valence-corrected chi connectivity index (χ0v) is 19.7. The Hall–Kier alpha value is -2.96. The third-order valence-electron chi connectivity index (χ3n) is 5.27. The molecule has 33 heavy (non-hydrogen) atoms. The Bertz CT molecular complexity index is 1270. The highest BCUT2D eigenvalue weighted by atomic mass is 79.9. The minimum Gasteiger partial charge on any atom is -0.467 e. The SMILES string of the molecule is COC(=O)C1OC23CC=COC2=CC=CC3=C1N(C(=O)OC)S(=O)(=O)c1ccc(F)cc1Br. The fraction of sp³-hybridized carbons (Fsp3) is 0.238. The van der Waals surface area contributed by atoms with Gasteiger partial charge in [0.15, 0.2) is 11.7 Å². The normalized spacial score (nSPS) is 23.3. The summed E-state index contributed by atoms with van der Waals surface area (Å²) in [6.45, 7) is 0. The smallest absolute Gasteiger partial charge is 0.428 e. The maximum absolute atomic E-state index is 13.7. The molecule has 2 atom stereocenters. The van der Waals surface area contributed by atoms with Crippen LogP contribution in [-0.4, -0.2) is 50.7 Å². The number of methoxy groups -OCH3 is 2. The number of amides is 1. The molecule has 1 amide bonds. The van der Waals surface area contributed by atoms with Gasteiger partial charge in [-0.3, -0.25) is 0 Å². The summed E-state index contributed by atoms with van der Waals surface area (Å²) < 4.78 is 62.4. The number of carbonyl (C=O) groups is 2. The predicted octanol–water partition coefficient (Wildman–Crippen LogP) is 3.30. The van der Waals surface area contributed by atoms with Crippen molar-refractivity contribution in [2.45, 2.75) is 23.0 Å². The third-order valence-corrected chi connectivity index (χ3v) is 7.93. The largest absolute Gasteiger partial charge is 0.467 e. The van der Waals surface area contributed by atoms with Crippen LogP contribution in [0.5, 0.6) is 0 Å². The van der Waals surface area contributed by atoms with Crippen LogP contribution in [-0.2, 0) is 33.8 Å². The number of ether oxygens (including phenoxy) is 4. The average molecular weight is 542 g/mol. The Morgan fingerprint density at radius 1 is 1.27 bits per heavy atom. The predicted molar refractivity (Wildman–Crippen MR) is 114 cm³/mol. The van der Waals surface area contributed by atoms with Gasteiger partial charge in [0.1, 0.15) is 16.5 Å². The van der Waals surface area contributed by atoms with Gasteiger partial charge in [0, 0.05) is 16.5 Å². The summed E-state index contributed by atoms with van der Waals surface area (Å²) in [5.74, 6) is -1.33. The molecule has 0 fully saturated rings. The summed E-state index contributed by atoms with van der Waals surface area (Å²) in [6, 6.07) is 2.85. The Morgan fingerprint density at radius 2 is 2.03 bits per heavy atom. The molecular weight excluding hydrogens is 525 g/mol. The zero-order chi connectivity index (χ0) is 24.0. The standard InChI is InChI=1S/C21H17BrFNO8S/c1-29-19(25)18-17(13-5-3-6-16-21(13,32-18)9-4-10-31-16)24(20(26)30-2)33(27,28)15-8-7-12(23)11-14(15)22/h3-8,10-11,18H,9H2,1-2H3. The van der Waals surface area contributed by atoms with Crippen LogP contribution in [0.1, 0.15) is 6.42 Å². The maximum atomic E-state index is 13.7. The van der Waals surface area contributed by atoms with Crippen molar-refractivity contribution in [3.63, 3.8) is 0 Å². The van der Waals surface area contributed by atoms with Gasteiger partial charge in [-0.05, 0) is 46.3 Å². The van der Waals surface area contributed by atoms with Gasteiger partial charge < -0.3 is 18.9 Å². The van der Waals surface area contributed by atoms with E-state index in [9.17, 15) is 22.4 Å². The van der Waals surface area contributed by atoms with Crippen molar-refractivity contribution < 1.29 is 41.3 Å². The van der Waals surface area contributed by atoms with E-state index < -0.39 is 44.5 Å². The lowest BCUT2D eigenvalue weighted by atomic mass is 9.83. The minimum atomic E-state index is -4.72. The first-order valence-electron chi connectivity index (χ1n) is 9.46. The summed E-state index contributed by atoms with van der Waals surface area (Å²) in [4.78, 5) is 25.2. The van der Waals surface area contributed by atoms with Crippen LogP contribution in [0.4, 0.5) is 9.18 Å². The molecule has 0 saturated carbocycles. The summed E-state index contributed by atoms with van der Waals surface area (Å²) in [6.07, 6.45) is 5.06. The first-order chi connectivity index (χ1) is 15.7. The topological polar surface area (TPSA) is 108 Å².